The Bertz CT molecular complexity index is 1120. The van der Waals surface area contributed by atoms with Crippen molar-refractivity contribution in [3.8, 4) is 5.75 Å². The van der Waals surface area contributed by atoms with Crippen LogP contribution in [0.3, 0.4) is 0 Å². The summed E-state index contributed by atoms with van der Waals surface area (Å²) in [6, 6.07) is 16.9. The predicted molar refractivity (Wildman–Crippen MR) is 116 cm³/mol. The predicted octanol–water partition coefficient (Wildman–Crippen LogP) is 5.00. The Balaban J connectivity index is 1.51. The third-order valence-corrected chi connectivity index (χ3v) is 6.06. The second kappa shape index (κ2) is 8.77. The molecule has 0 unspecified atom stereocenters. The number of ether oxygens (including phenoxy) is 1. The van der Waals surface area contributed by atoms with E-state index in [1.54, 1.807) is 55.6 Å². The first-order valence-electron chi connectivity index (χ1n) is 9.40. The SMILES string of the molecule is COc1ccc(C(=O)Nc2ccc([C@@H]3SCC(=O)N3c3ccc(F)cc3F)cc2)cc1. The van der Waals surface area contributed by atoms with E-state index in [1.165, 1.54) is 22.7 Å². The number of hydrogen-bond acceptors (Lipinski definition) is 4. The Labute approximate surface area is 182 Å². The molecule has 1 N–H and O–H groups in total. The van der Waals surface area contributed by atoms with Gasteiger partial charge in [0, 0.05) is 17.3 Å². The normalized spacial score (nSPS) is 15.8. The summed E-state index contributed by atoms with van der Waals surface area (Å²) < 4.78 is 32.6. The quantitative estimate of drug-likeness (QED) is 0.606. The minimum absolute atomic E-state index is 0.0401. The summed E-state index contributed by atoms with van der Waals surface area (Å²) in [5.41, 5.74) is 1.87. The van der Waals surface area contributed by atoms with Crippen LogP contribution in [0.15, 0.2) is 66.7 Å². The third kappa shape index (κ3) is 4.39. The van der Waals surface area contributed by atoms with Crippen molar-refractivity contribution in [2.45, 2.75) is 5.37 Å². The molecular weight excluding hydrogens is 422 g/mol. The van der Waals surface area contributed by atoms with Crippen LogP contribution in [0.5, 0.6) is 5.75 Å². The number of halogens is 2. The van der Waals surface area contributed by atoms with Gasteiger partial charge in [-0.3, -0.25) is 14.5 Å². The fourth-order valence-corrected chi connectivity index (χ4v) is 4.45. The van der Waals surface area contributed by atoms with E-state index in [-0.39, 0.29) is 23.3 Å². The van der Waals surface area contributed by atoms with Gasteiger partial charge in [-0.2, -0.15) is 0 Å². The van der Waals surface area contributed by atoms with Gasteiger partial charge in [0.25, 0.3) is 5.91 Å². The zero-order chi connectivity index (χ0) is 22.0. The molecule has 4 rings (SSSR count). The molecule has 1 aliphatic heterocycles. The van der Waals surface area contributed by atoms with Gasteiger partial charge in [-0.25, -0.2) is 8.78 Å². The second-order valence-electron chi connectivity index (χ2n) is 6.83. The standard InChI is InChI=1S/C23H18F2N2O3S/c1-30-18-9-4-14(5-10-18)22(29)26-17-7-2-15(3-8-17)23-27(21(28)13-31-23)20-11-6-16(24)12-19(20)25/h2-12,23H,13H2,1H3,(H,26,29)/t23-/m0/s1. The molecule has 0 saturated carbocycles. The van der Waals surface area contributed by atoms with Crippen LogP contribution in [0.1, 0.15) is 21.3 Å². The van der Waals surface area contributed by atoms with Gasteiger partial charge in [-0.1, -0.05) is 12.1 Å². The number of methoxy groups -OCH3 is 1. The second-order valence-corrected chi connectivity index (χ2v) is 7.90. The minimum Gasteiger partial charge on any atom is -0.497 e. The average Bonchev–Trinajstić information content (AvgIpc) is 3.15. The Hall–Kier alpha value is -3.39. The van der Waals surface area contributed by atoms with Gasteiger partial charge >= 0.3 is 0 Å². The Kier molecular flexibility index (Phi) is 5.90. The maximum Gasteiger partial charge on any atom is 0.255 e. The smallest absolute Gasteiger partial charge is 0.255 e. The van der Waals surface area contributed by atoms with Crippen molar-refractivity contribution in [3.63, 3.8) is 0 Å². The van der Waals surface area contributed by atoms with Crippen molar-refractivity contribution in [3.05, 3.63) is 89.5 Å². The first kappa shape index (κ1) is 20.9. The zero-order valence-corrected chi connectivity index (χ0v) is 17.3. The molecule has 3 aromatic carbocycles. The van der Waals surface area contributed by atoms with Crippen molar-refractivity contribution >= 4 is 35.0 Å². The van der Waals surface area contributed by atoms with Crippen LogP contribution in [0.2, 0.25) is 0 Å². The number of benzene rings is 3. The largest absolute Gasteiger partial charge is 0.497 e. The minimum atomic E-state index is -0.788. The maximum atomic E-state index is 14.3. The molecule has 3 aromatic rings. The fourth-order valence-electron chi connectivity index (χ4n) is 3.28. The van der Waals surface area contributed by atoms with Crippen LogP contribution in [-0.2, 0) is 4.79 Å². The molecule has 0 spiro atoms. The summed E-state index contributed by atoms with van der Waals surface area (Å²) in [6.07, 6.45) is 0. The lowest BCUT2D eigenvalue weighted by atomic mass is 10.1. The highest BCUT2D eigenvalue weighted by molar-refractivity contribution is 8.00. The number of amides is 2. The fraction of sp³-hybridized carbons (Fsp3) is 0.130. The summed E-state index contributed by atoms with van der Waals surface area (Å²) in [6.45, 7) is 0. The summed E-state index contributed by atoms with van der Waals surface area (Å²) in [4.78, 5) is 26.1. The number of nitrogens with one attached hydrogen (secondary N) is 1. The Morgan fingerprint density at radius 2 is 1.77 bits per heavy atom. The first-order valence-corrected chi connectivity index (χ1v) is 10.5. The van der Waals surface area contributed by atoms with Crippen LogP contribution in [0.4, 0.5) is 20.2 Å². The molecular formula is C23H18F2N2O3S. The van der Waals surface area contributed by atoms with Gasteiger partial charge in [-0.15, -0.1) is 11.8 Å². The van der Waals surface area contributed by atoms with Gasteiger partial charge < -0.3 is 10.1 Å². The van der Waals surface area contributed by atoms with Crippen molar-refractivity contribution < 1.29 is 23.1 Å². The van der Waals surface area contributed by atoms with E-state index in [1.807, 2.05) is 0 Å². The molecule has 1 fully saturated rings. The van der Waals surface area contributed by atoms with Gasteiger partial charge in [-0.05, 0) is 54.1 Å². The van der Waals surface area contributed by atoms with Gasteiger partial charge in [0.2, 0.25) is 5.91 Å². The van der Waals surface area contributed by atoms with Gasteiger partial charge in [0.1, 0.15) is 22.8 Å². The molecule has 1 saturated heterocycles. The lowest BCUT2D eigenvalue weighted by molar-refractivity contribution is -0.115. The molecule has 1 aliphatic rings. The van der Waals surface area contributed by atoms with Crippen LogP contribution >= 0.6 is 11.8 Å². The molecule has 158 valence electrons. The number of nitrogens with zero attached hydrogens (tertiary/aromatic N) is 1. The van der Waals surface area contributed by atoms with Crippen molar-refractivity contribution in [2.24, 2.45) is 0 Å². The number of carbonyl (C=O) groups excluding carboxylic acids is 2. The molecule has 1 atom stereocenters. The molecule has 5 nitrogen and oxygen atoms in total. The highest BCUT2D eigenvalue weighted by atomic mass is 32.2. The number of rotatable bonds is 5. The first-order chi connectivity index (χ1) is 15.0. The third-order valence-electron chi connectivity index (χ3n) is 4.84. The number of anilines is 2. The Morgan fingerprint density at radius 1 is 1.06 bits per heavy atom. The zero-order valence-electron chi connectivity index (χ0n) is 16.5. The number of hydrogen-bond donors (Lipinski definition) is 1. The lowest BCUT2D eigenvalue weighted by Crippen LogP contribution is -2.28. The van der Waals surface area contributed by atoms with E-state index in [4.69, 9.17) is 4.74 Å². The summed E-state index contributed by atoms with van der Waals surface area (Å²) >= 11 is 1.36. The molecule has 31 heavy (non-hydrogen) atoms. The number of thioether (sulfide) groups is 1. The van der Waals surface area contributed by atoms with E-state index in [2.05, 4.69) is 5.32 Å². The van der Waals surface area contributed by atoms with Crippen molar-refractivity contribution in [1.82, 2.24) is 0 Å². The lowest BCUT2D eigenvalue weighted by Gasteiger charge is -2.25. The van der Waals surface area contributed by atoms with E-state index < -0.39 is 17.0 Å². The molecule has 8 heteroatoms. The van der Waals surface area contributed by atoms with Crippen LogP contribution in [0, 0.1) is 11.6 Å². The highest BCUT2D eigenvalue weighted by Gasteiger charge is 2.35. The van der Waals surface area contributed by atoms with Gasteiger partial charge in [0.05, 0.1) is 18.6 Å². The van der Waals surface area contributed by atoms with Gasteiger partial charge in [0.15, 0.2) is 0 Å². The monoisotopic (exact) mass is 440 g/mol. The number of carbonyl (C=O) groups is 2. The molecule has 1 heterocycles. The highest BCUT2D eigenvalue weighted by Crippen LogP contribution is 2.42. The Morgan fingerprint density at radius 3 is 2.42 bits per heavy atom. The van der Waals surface area contributed by atoms with E-state index in [9.17, 15) is 18.4 Å². The van der Waals surface area contributed by atoms with Crippen molar-refractivity contribution in [2.75, 3.05) is 23.1 Å². The molecule has 2 amide bonds. The topological polar surface area (TPSA) is 58.6 Å². The van der Waals surface area contributed by atoms with E-state index in [0.717, 1.165) is 17.7 Å². The van der Waals surface area contributed by atoms with Crippen molar-refractivity contribution in [1.29, 1.82) is 0 Å². The van der Waals surface area contributed by atoms with Crippen LogP contribution < -0.4 is 15.0 Å². The summed E-state index contributed by atoms with van der Waals surface area (Å²) in [5, 5.41) is 2.37. The molecule has 0 radical (unpaired) electrons. The van der Waals surface area contributed by atoms with E-state index in [0.29, 0.717) is 17.0 Å². The molecule has 0 bridgehead atoms. The van der Waals surface area contributed by atoms with Crippen LogP contribution in [0.25, 0.3) is 0 Å². The maximum absolute atomic E-state index is 14.3. The summed E-state index contributed by atoms with van der Waals surface area (Å²) in [7, 11) is 1.55. The summed E-state index contributed by atoms with van der Waals surface area (Å²) in [5.74, 6) is -1.16. The van der Waals surface area contributed by atoms with Crippen LogP contribution in [-0.4, -0.2) is 24.7 Å². The molecule has 0 aliphatic carbocycles. The average molecular weight is 440 g/mol. The molecule has 0 aromatic heterocycles. The van der Waals surface area contributed by atoms with E-state index >= 15 is 0 Å².